The number of hydrogen-bond acceptors (Lipinski definition) is 3. The average molecular weight is 369 g/mol. The van der Waals surface area contributed by atoms with Gasteiger partial charge in [0.25, 0.3) is 10.0 Å². The van der Waals surface area contributed by atoms with Crippen LogP contribution >= 0.6 is 15.9 Å². The van der Waals surface area contributed by atoms with Gasteiger partial charge in [-0.3, -0.25) is 4.72 Å². The fraction of sp³-hybridized carbons (Fsp3) is 0.200. The highest BCUT2D eigenvalue weighted by Gasteiger charge is 2.20. The third-order valence-electron chi connectivity index (χ3n) is 3.35. The van der Waals surface area contributed by atoms with Crippen LogP contribution in [0.4, 0.5) is 11.4 Å². The molecule has 0 aliphatic heterocycles. The van der Waals surface area contributed by atoms with E-state index in [2.05, 4.69) is 20.7 Å². The van der Waals surface area contributed by atoms with Crippen LogP contribution in [0.3, 0.4) is 0 Å². The summed E-state index contributed by atoms with van der Waals surface area (Å²) in [6, 6.07) is 8.66. The second kappa shape index (κ2) is 5.69. The highest BCUT2D eigenvalue weighted by Crippen LogP contribution is 2.30. The Balaban J connectivity index is 2.48. The maximum absolute atomic E-state index is 12.5. The monoisotopic (exact) mass is 368 g/mol. The molecule has 6 heteroatoms. The molecule has 0 radical (unpaired) electrons. The van der Waals surface area contributed by atoms with Gasteiger partial charge in [0.05, 0.1) is 11.4 Å². The maximum atomic E-state index is 12.5. The number of nitrogens with two attached hydrogens (primary N) is 1. The number of rotatable bonds is 3. The van der Waals surface area contributed by atoms with E-state index in [1.165, 1.54) is 0 Å². The predicted octanol–water partition coefficient (Wildman–Crippen LogP) is 3.76. The lowest BCUT2D eigenvalue weighted by atomic mass is 10.1. The first-order chi connectivity index (χ1) is 9.72. The lowest BCUT2D eigenvalue weighted by Gasteiger charge is -2.14. The van der Waals surface area contributed by atoms with Crippen molar-refractivity contribution in [2.75, 3.05) is 10.5 Å². The Hall–Kier alpha value is -1.53. The molecule has 21 heavy (non-hydrogen) atoms. The van der Waals surface area contributed by atoms with Crippen LogP contribution in [0.5, 0.6) is 0 Å². The van der Waals surface area contributed by atoms with Crippen LogP contribution in [0.1, 0.15) is 16.7 Å². The highest BCUT2D eigenvalue weighted by atomic mass is 79.9. The van der Waals surface area contributed by atoms with E-state index in [1.807, 2.05) is 26.8 Å². The first-order valence-electron chi connectivity index (χ1n) is 6.37. The topological polar surface area (TPSA) is 72.2 Å². The van der Waals surface area contributed by atoms with Gasteiger partial charge in [0.1, 0.15) is 4.90 Å². The van der Waals surface area contributed by atoms with E-state index in [4.69, 9.17) is 5.73 Å². The Morgan fingerprint density at radius 3 is 2.33 bits per heavy atom. The Labute approximate surface area is 133 Å². The van der Waals surface area contributed by atoms with Crippen molar-refractivity contribution in [3.63, 3.8) is 0 Å². The molecule has 0 aromatic heterocycles. The molecule has 2 rings (SSSR count). The van der Waals surface area contributed by atoms with Crippen molar-refractivity contribution in [1.82, 2.24) is 0 Å². The number of nitrogens with one attached hydrogen (secondary N) is 1. The van der Waals surface area contributed by atoms with E-state index < -0.39 is 10.0 Å². The van der Waals surface area contributed by atoms with Crippen LogP contribution in [0.15, 0.2) is 39.7 Å². The summed E-state index contributed by atoms with van der Waals surface area (Å²) < 4.78 is 28.4. The third-order valence-corrected chi connectivity index (χ3v) is 5.83. The Morgan fingerprint density at radius 1 is 1.05 bits per heavy atom. The van der Waals surface area contributed by atoms with Crippen molar-refractivity contribution < 1.29 is 8.42 Å². The van der Waals surface area contributed by atoms with E-state index in [-0.39, 0.29) is 10.6 Å². The van der Waals surface area contributed by atoms with Crippen LogP contribution < -0.4 is 10.5 Å². The normalized spacial score (nSPS) is 11.4. The molecule has 0 fully saturated rings. The second-order valence-corrected chi connectivity index (χ2v) is 7.46. The molecule has 0 bridgehead atoms. The molecule has 0 amide bonds. The smallest absolute Gasteiger partial charge is 0.263 e. The Morgan fingerprint density at radius 2 is 1.67 bits per heavy atom. The summed E-state index contributed by atoms with van der Waals surface area (Å²) in [7, 11) is -3.73. The van der Waals surface area contributed by atoms with Gasteiger partial charge in [0.15, 0.2) is 0 Å². The zero-order chi connectivity index (χ0) is 15.8. The Kier molecular flexibility index (Phi) is 4.30. The number of benzene rings is 2. The predicted molar refractivity (Wildman–Crippen MR) is 90.0 cm³/mol. The molecule has 2 aromatic carbocycles. The van der Waals surface area contributed by atoms with E-state index >= 15 is 0 Å². The molecule has 0 heterocycles. The second-order valence-electron chi connectivity index (χ2n) is 5.02. The number of nitrogen functional groups attached to an aromatic ring is 1. The molecular weight excluding hydrogens is 352 g/mol. The van der Waals surface area contributed by atoms with E-state index in [0.717, 1.165) is 21.2 Å². The quantitative estimate of drug-likeness (QED) is 0.810. The van der Waals surface area contributed by atoms with Gasteiger partial charge in [-0.25, -0.2) is 8.42 Å². The largest absolute Gasteiger partial charge is 0.398 e. The fourth-order valence-electron chi connectivity index (χ4n) is 1.97. The summed E-state index contributed by atoms with van der Waals surface area (Å²) in [4.78, 5) is 0.0963. The van der Waals surface area contributed by atoms with Crippen molar-refractivity contribution in [2.45, 2.75) is 25.7 Å². The minimum Gasteiger partial charge on any atom is -0.398 e. The first-order valence-corrected chi connectivity index (χ1v) is 8.64. The number of anilines is 2. The molecule has 0 atom stereocenters. The molecular formula is C15H17BrN2O2S. The van der Waals surface area contributed by atoms with Gasteiger partial charge in [0.2, 0.25) is 0 Å². The molecule has 3 N–H and O–H groups in total. The number of hydrogen-bond donors (Lipinski definition) is 2. The van der Waals surface area contributed by atoms with Crippen molar-refractivity contribution in [3.05, 3.63) is 51.5 Å². The van der Waals surface area contributed by atoms with E-state index in [0.29, 0.717) is 5.69 Å². The highest BCUT2D eigenvalue weighted by molar-refractivity contribution is 9.10. The SMILES string of the molecule is Cc1cc(N)c(S(=O)(=O)Nc2cccc(C)c2Br)cc1C. The van der Waals surface area contributed by atoms with Gasteiger partial charge in [-0.05, 0) is 71.6 Å². The van der Waals surface area contributed by atoms with Crippen LogP contribution in [-0.2, 0) is 10.0 Å². The third kappa shape index (κ3) is 3.22. The van der Waals surface area contributed by atoms with Gasteiger partial charge >= 0.3 is 0 Å². The Bertz CT molecular complexity index is 802. The average Bonchev–Trinajstić information content (AvgIpc) is 2.39. The minimum absolute atomic E-state index is 0.0963. The van der Waals surface area contributed by atoms with Crippen molar-refractivity contribution in [3.8, 4) is 0 Å². The molecule has 2 aromatic rings. The van der Waals surface area contributed by atoms with Gasteiger partial charge in [0, 0.05) is 4.47 Å². The van der Waals surface area contributed by atoms with E-state index in [1.54, 1.807) is 24.3 Å². The number of aryl methyl sites for hydroxylation is 3. The molecule has 0 aliphatic rings. The molecule has 0 aliphatic carbocycles. The minimum atomic E-state index is -3.73. The molecule has 112 valence electrons. The van der Waals surface area contributed by atoms with Gasteiger partial charge in [-0.15, -0.1) is 0 Å². The van der Waals surface area contributed by atoms with Crippen LogP contribution in [0, 0.1) is 20.8 Å². The first kappa shape index (κ1) is 15.9. The summed E-state index contributed by atoms with van der Waals surface area (Å²) in [5.74, 6) is 0. The van der Waals surface area contributed by atoms with Crippen LogP contribution in [-0.4, -0.2) is 8.42 Å². The van der Waals surface area contributed by atoms with Gasteiger partial charge < -0.3 is 5.73 Å². The van der Waals surface area contributed by atoms with Gasteiger partial charge in [-0.2, -0.15) is 0 Å². The number of halogens is 1. The molecule has 0 saturated heterocycles. The lowest BCUT2D eigenvalue weighted by Crippen LogP contribution is -2.15. The molecule has 0 spiro atoms. The standard InChI is InChI=1S/C15H17BrN2O2S/c1-9-5-4-6-13(15(9)16)18-21(19,20)14-8-11(3)10(2)7-12(14)17/h4-8,18H,17H2,1-3H3. The summed E-state index contributed by atoms with van der Waals surface area (Å²) in [6.07, 6.45) is 0. The molecule has 4 nitrogen and oxygen atoms in total. The van der Waals surface area contributed by atoms with Crippen LogP contribution in [0.25, 0.3) is 0 Å². The van der Waals surface area contributed by atoms with E-state index in [9.17, 15) is 8.42 Å². The zero-order valence-corrected chi connectivity index (χ0v) is 14.5. The van der Waals surface area contributed by atoms with Gasteiger partial charge in [-0.1, -0.05) is 12.1 Å². The maximum Gasteiger partial charge on any atom is 0.263 e. The van der Waals surface area contributed by atoms with Crippen molar-refractivity contribution >= 4 is 37.3 Å². The lowest BCUT2D eigenvalue weighted by molar-refractivity contribution is 0.601. The fourth-order valence-corrected chi connectivity index (χ4v) is 3.74. The molecule has 0 unspecified atom stereocenters. The van der Waals surface area contributed by atoms with Crippen molar-refractivity contribution in [1.29, 1.82) is 0 Å². The zero-order valence-electron chi connectivity index (χ0n) is 12.1. The summed E-state index contributed by atoms with van der Waals surface area (Å²) in [5, 5.41) is 0. The summed E-state index contributed by atoms with van der Waals surface area (Å²) in [6.45, 7) is 5.65. The number of sulfonamides is 1. The van der Waals surface area contributed by atoms with Crippen LogP contribution in [0.2, 0.25) is 0 Å². The molecule has 0 saturated carbocycles. The summed E-state index contributed by atoms with van der Waals surface area (Å²) in [5.41, 5.74) is 9.40. The summed E-state index contributed by atoms with van der Waals surface area (Å²) >= 11 is 3.39. The van der Waals surface area contributed by atoms with Crippen molar-refractivity contribution in [2.24, 2.45) is 0 Å².